The lowest BCUT2D eigenvalue weighted by Gasteiger charge is -2.40. The lowest BCUT2D eigenvalue weighted by Crippen LogP contribution is -2.47. The molecule has 2 aliphatic rings. The second-order valence-electron chi connectivity index (χ2n) is 6.42. The van der Waals surface area contributed by atoms with Gasteiger partial charge >= 0.3 is 0 Å². The summed E-state index contributed by atoms with van der Waals surface area (Å²) in [7, 11) is 0. The summed E-state index contributed by atoms with van der Waals surface area (Å²) in [6.45, 7) is 2.87. The molecule has 1 aromatic rings. The molecule has 116 valence electrons. The Kier molecular flexibility index (Phi) is 5.15. The molecule has 3 atom stereocenters. The summed E-state index contributed by atoms with van der Waals surface area (Å²) < 4.78 is 5.84. The molecular formula is C18H27NO2. The van der Waals surface area contributed by atoms with Crippen LogP contribution in [0.25, 0.3) is 0 Å². The SMILES string of the molecule is OC1CCCC1C1CCCCN1CCOc1ccccc1. The zero-order valence-electron chi connectivity index (χ0n) is 12.8. The van der Waals surface area contributed by atoms with E-state index in [2.05, 4.69) is 4.90 Å². The number of ether oxygens (including phenoxy) is 1. The minimum Gasteiger partial charge on any atom is -0.492 e. The Morgan fingerprint density at radius 3 is 2.67 bits per heavy atom. The van der Waals surface area contributed by atoms with Crippen LogP contribution in [0.3, 0.4) is 0 Å². The maximum absolute atomic E-state index is 10.2. The Morgan fingerprint density at radius 2 is 1.90 bits per heavy atom. The maximum atomic E-state index is 10.2. The number of hydrogen-bond donors (Lipinski definition) is 1. The fourth-order valence-electron chi connectivity index (χ4n) is 3.99. The van der Waals surface area contributed by atoms with Gasteiger partial charge < -0.3 is 9.84 Å². The molecule has 0 spiro atoms. The summed E-state index contributed by atoms with van der Waals surface area (Å²) in [5.41, 5.74) is 0. The molecule has 1 aromatic carbocycles. The van der Waals surface area contributed by atoms with E-state index in [1.807, 2.05) is 30.3 Å². The highest BCUT2D eigenvalue weighted by atomic mass is 16.5. The fourth-order valence-corrected chi connectivity index (χ4v) is 3.99. The predicted molar refractivity (Wildman–Crippen MR) is 84.5 cm³/mol. The van der Waals surface area contributed by atoms with Gasteiger partial charge in [-0.05, 0) is 44.4 Å². The van der Waals surface area contributed by atoms with Gasteiger partial charge in [-0.2, -0.15) is 0 Å². The largest absolute Gasteiger partial charge is 0.492 e. The molecular weight excluding hydrogens is 262 g/mol. The average molecular weight is 289 g/mol. The summed E-state index contributed by atoms with van der Waals surface area (Å²) in [6, 6.07) is 10.6. The van der Waals surface area contributed by atoms with Crippen LogP contribution in [0.15, 0.2) is 30.3 Å². The second-order valence-corrected chi connectivity index (χ2v) is 6.42. The van der Waals surface area contributed by atoms with Crippen molar-refractivity contribution in [1.82, 2.24) is 4.90 Å². The smallest absolute Gasteiger partial charge is 0.119 e. The number of nitrogens with zero attached hydrogens (tertiary/aromatic N) is 1. The first-order valence-corrected chi connectivity index (χ1v) is 8.44. The molecule has 1 N–H and O–H groups in total. The Bertz CT molecular complexity index is 422. The number of aliphatic hydroxyl groups excluding tert-OH is 1. The normalized spacial score (nSPS) is 30.4. The van der Waals surface area contributed by atoms with Crippen LogP contribution in [0.5, 0.6) is 5.75 Å². The van der Waals surface area contributed by atoms with Gasteiger partial charge in [0.15, 0.2) is 0 Å². The van der Waals surface area contributed by atoms with Gasteiger partial charge in [0.05, 0.1) is 6.10 Å². The summed E-state index contributed by atoms with van der Waals surface area (Å²) >= 11 is 0. The van der Waals surface area contributed by atoms with Gasteiger partial charge in [0, 0.05) is 18.5 Å². The van der Waals surface area contributed by atoms with Crippen molar-refractivity contribution in [3.63, 3.8) is 0 Å². The molecule has 3 heteroatoms. The molecule has 1 aliphatic carbocycles. The van der Waals surface area contributed by atoms with Crippen molar-refractivity contribution in [1.29, 1.82) is 0 Å². The molecule has 3 nitrogen and oxygen atoms in total. The van der Waals surface area contributed by atoms with E-state index in [-0.39, 0.29) is 6.10 Å². The van der Waals surface area contributed by atoms with E-state index >= 15 is 0 Å². The number of hydrogen-bond acceptors (Lipinski definition) is 3. The van der Waals surface area contributed by atoms with Gasteiger partial charge in [0.2, 0.25) is 0 Å². The molecule has 2 fully saturated rings. The van der Waals surface area contributed by atoms with Crippen molar-refractivity contribution in [3.8, 4) is 5.75 Å². The third-order valence-electron chi connectivity index (χ3n) is 5.08. The monoisotopic (exact) mass is 289 g/mol. The number of likely N-dealkylation sites (tertiary alicyclic amines) is 1. The second kappa shape index (κ2) is 7.28. The quantitative estimate of drug-likeness (QED) is 0.904. The molecule has 1 saturated carbocycles. The van der Waals surface area contributed by atoms with Gasteiger partial charge in [-0.3, -0.25) is 4.90 Å². The molecule has 1 heterocycles. The minimum atomic E-state index is -0.0781. The van der Waals surface area contributed by atoms with E-state index in [0.29, 0.717) is 12.0 Å². The number of aliphatic hydroxyl groups is 1. The Balaban J connectivity index is 1.52. The fraction of sp³-hybridized carbons (Fsp3) is 0.667. The Morgan fingerprint density at radius 1 is 1.05 bits per heavy atom. The molecule has 1 aliphatic heterocycles. The zero-order chi connectivity index (χ0) is 14.5. The molecule has 3 rings (SSSR count). The van der Waals surface area contributed by atoms with E-state index in [1.165, 1.54) is 32.1 Å². The van der Waals surface area contributed by atoms with Crippen LogP contribution in [0.2, 0.25) is 0 Å². The Hall–Kier alpha value is -1.06. The third-order valence-corrected chi connectivity index (χ3v) is 5.08. The molecule has 21 heavy (non-hydrogen) atoms. The highest BCUT2D eigenvalue weighted by Crippen LogP contribution is 2.35. The standard InChI is InChI=1S/C18H27NO2/c20-18-11-6-9-16(18)17-10-4-5-12-19(17)13-14-21-15-7-2-1-3-8-15/h1-3,7-8,16-18,20H,4-6,9-14H2. The first-order valence-electron chi connectivity index (χ1n) is 8.44. The van der Waals surface area contributed by atoms with Crippen LogP contribution in [0.4, 0.5) is 0 Å². The molecule has 0 aromatic heterocycles. The van der Waals surface area contributed by atoms with Gasteiger partial charge in [-0.25, -0.2) is 0 Å². The van der Waals surface area contributed by atoms with Crippen molar-refractivity contribution in [2.24, 2.45) is 5.92 Å². The topological polar surface area (TPSA) is 32.7 Å². The highest BCUT2D eigenvalue weighted by molar-refractivity contribution is 5.20. The van der Waals surface area contributed by atoms with E-state index in [1.54, 1.807) is 0 Å². The number of benzene rings is 1. The minimum absolute atomic E-state index is 0.0781. The van der Waals surface area contributed by atoms with Crippen molar-refractivity contribution in [2.45, 2.75) is 50.7 Å². The lowest BCUT2D eigenvalue weighted by atomic mass is 9.88. The first-order chi connectivity index (χ1) is 10.3. The van der Waals surface area contributed by atoms with E-state index < -0.39 is 0 Å². The van der Waals surface area contributed by atoms with Crippen LogP contribution < -0.4 is 4.74 Å². The van der Waals surface area contributed by atoms with Crippen LogP contribution in [0.1, 0.15) is 38.5 Å². The summed E-state index contributed by atoms with van der Waals surface area (Å²) in [5, 5.41) is 10.2. The van der Waals surface area contributed by atoms with Gasteiger partial charge in [0.1, 0.15) is 12.4 Å². The molecule has 3 unspecified atom stereocenters. The number of para-hydroxylation sites is 1. The Labute approximate surface area is 127 Å². The lowest BCUT2D eigenvalue weighted by molar-refractivity contribution is 0.0292. The molecule has 0 amide bonds. The first kappa shape index (κ1) is 14.9. The molecule has 0 radical (unpaired) electrons. The summed E-state index contributed by atoms with van der Waals surface area (Å²) in [6.07, 6.45) is 7.14. The van der Waals surface area contributed by atoms with Crippen molar-refractivity contribution < 1.29 is 9.84 Å². The van der Waals surface area contributed by atoms with Crippen molar-refractivity contribution in [3.05, 3.63) is 30.3 Å². The zero-order valence-corrected chi connectivity index (χ0v) is 12.8. The van der Waals surface area contributed by atoms with Crippen molar-refractivity contribution >= 4 is 0 Å². The summed E-state index contributed by atoms with van der Waals surface area (Å²) in [4.78, 5) is 2.56. The van der Waals surface area contributed by atoms with Gasteiger partial charge in [-0.1, -0.05) is 31.0 Å². The summed E-state index contributed by atoms with van der Waals surface area (Å²) in [5.74, 6) is 1.44. The highest BCUT2D eigenvalue weighted by Gasteiger charge is 2.36. The van der Waals surface area contributed by atoms with Crippen LogP contribution in [0, 0.1) is 5.92 Å². The molecule has 1 saturated heterocycles. The van der Waals surface area contributed by atoms with E-state index in [0.717, 1.165) is 31.9 Å². The van der Waals surface area contributed by atoms with E-state index in [4.69, 9.17) is 4.74 Å². The van der Waals surface area contributed by atoms with Gasteiger partial charge in [0.25, 0.3) is 0 Å². The van der Waals surface area contributed by atoms with E-state index in [9.17, 15) is 5.11 Å². The average Bonchev–Trinajstić information content (AvgIpc) is 2.95. The van der Waals surface area contributed by atoms with Crippen LogP contribution in [-0.2, 0) is 0 Å². The third kappa shape index (κ3) is 3.78. The predicted octanol–water partition coefficient (Wildman–Crippen LogP) is 3.08. The number of rotatable bonds is 5. The maximum Gasteiger partial charge on any atom is 0.119 e. The molecule has 0 bridgehead atoms. The van der Waals surface area contributed by atoms with Crippen LogP contribution >= 0.6 is 0 Å². The van der Waals surface area contributed by atoms with Crippen molar-refractivity contribution in [2.75, 3.05) is 19.7 Å². The van der Waals surface area contributed by atoms with Gasteiger partial charge in [-0.15, -0.1) is 0 Å². The number of piperidine rings is 1. The van der Waals surface area contributed by atoms with Crippen LogP contribution in [-0.4, -0.2) is 41.8 Å².